The molecule has 0 spiro atoms. The number of nitrogen functional groups attached to an aromatic ring is 1. The number of nitrogens with two attached hydrogens (primary N) is 1. The molecule has 0 aliphatic carbocycles. The molecule has 0 saturated carbocycles. The number of amides is 6. The molecule has 8 rings (SSSR count). The smallest absolute Gasteiger partial charge is 0.420 e. The van der Waals surface area contributed by atoms with Crippen molar-refractivity contribution in [2.24, 2.45) is 0 Å². The van der Waals surface area contributed by atoms with Gasteiger partial charge in [-0.2, -0.15) is 0 Å². The fraction of sp³-hybridized carbons (Fsp3) is 0.486. The third-order valence-electron chi connectivity index (χ3n) is 16.1. The molecule has 30 nitrogen and oxygen atoms in total. The number of nitro benzene ring substituents is 1. The van der Waals surface area contributed by atoms with Crippen LogP contribution in [-0.4, -0.2) is 198 Å². The van der Waals surface area contributed by atoms with Gasteiger partial charge in [0.05, 0.1) is 82.5 Å². The lowest BCUT2D eigenvalue weighted by Crippen LogP contribution is -2.44. The van der Waals surface area contributed by atoms with Crippen LogP contribution in [0.1, 0.15) is 41.5 Å². The van der Waals surface area contributed by atoms with E-state index in [0.717, 1.165) is 29.0 Å². The van der Waals surface area contributed by atoms with Crippen molar-refractivity contribution in [1.29, 1.82) is 0 Å². The highest BCUT2D eigenvalue weighted by molar-refractivity contribution is 6.76. The summed E-state index contributed by atoms with van der Waals surface area (Å²) in [5, 5.41) is 12.8. The van der Waals surface area contributed by atoms with Crippen molar-refractivity contribution in [1.82, 2.24) is 19.9 Å². The Morgan fingerprint density at radius 2 is 0.877 bits per heavy atom. The number of hydrogen-bond donors (Lipinski definition) is 1. The number of nitrogens with zero attached hydrogens (tertiary/aromatic N) is 13. The van der Waals surface area contributed by atoms with Gasteiger partial charge in [0.25, 0.3) is 5.69 Å². The Kier molecular flexibility index (Phi) is 29.5. The van der Waals surface area contributed by atoms with Crippen molar-refractivity contribution in [3.8, 4) is 23.0 Å². The highest BCUT2D eigenvalue weighted by Crippen LogP contribution is 2.49. The van der Waals surface area contributed by atoms with E-state index in [2.05, 4.69) is 64.1 Å². The van der Waals surface area contributed by atoms with Gasteiger partial charge in [0.1, 0.15) is 109 Å². The van der Waals surface area contributed by atoms with Gasteiger partial charge in [-0.05, 0) is 84.0 Å². The van der Waals surface area contributed by atoms with Crippen molar-refractivity contribution in [3.63, 3.8) is 0 Å². The lowest BCUT2D eigenvalue weighted by atomic mass is 10.2. The molecule has 0 radical (unpaired) electrons. The first-order valence-electron chi connectivity index (χ1n) is 33.8. The van der Waals surface area contributed by atoms with Crippen LogP contribution in [0.2, 0.25) is 71.5 Å². The summed E-state index contributed by atoms with van der Waals surface area (Å²) < 4.78 is 56.3. The molecule has 2 fully saturated rings. The minimum absolute atomic E-state index is 0.0142. The van der Waals surface area contributed by atoms with Crippen LogP contribution >= 0.6 is 46.4 Å². The number of halogens is 4. The van der Waals surface area contributed by atoms with Crippen molar-refractivity contribution in [2.75, 3.05) is 167 Å². The van der Waals surface area contributed by atoms with E-state index in [1.54, 1.807) is 59.7 Å². The lowest BCUT2D eigenvalue weighted by Gasteiger charge is -2.31. The Labute approximate surface area is 640 Å². The maximum Gasteiger partial charge on any atom is 0.420 e. The number of carbonyl (C=O) groups excluding carboxylic acids is 4. The van der Waals surface area contributed by atoms with E-state index in [1.807, 2.05) is 11.0 Å². The van der Waals surface area contributed by atoms with E-state index >= 15 is 0 Å². The zero-order valence-corrected chi connectivity index (χ0v) is 68.3. The second-order valence-corrected chi connectivity index (χ2v) is 41.5. The highest BCUT2D eigenvalue weighted by atomic mass is 35.5. The van der Waals surface area contributed by atoms with Crippen molar-refractivity contribution >= 4 is 156 Å². The Bertz CT molecular complexity index is 4020. The first kappa shape index (κ1) is 84.8. The van der Waals surface area contributed by atoms with Gasteiger partial charge in [-0.1, -0.05) is 85.7 Å². The molecule has 0 unspecified atom stereocenters. The Hall–Kier alpha value is -8.45. The fourth-order valence-corrected chi connectivity index (χ4v) is 13.4. The molecule has 578 valence electrons. The molecule has 6 amide bonds. The molecule has 4 heterocycles. The first-order chi connectivity index (χ1) is 49.8. The van der Waals surface area contributed by atoms with E-state index in [-0.39, 0.29) is 103 Å². The maximum atomic E-state index is 14.5. The second-order valence-electron chi connectivity index (χ2n) is 28.7. The van der Waals surface area contributed by atoms with E-state index in [4.69, 9.17) is 99.5 Å². The Morgan fingerprint density at radius 1 is 0.538 bits per heavy atom. The predicted molar refractivity (Wildman–Crippen MR) is 420 cm³/mol. The molecule has 0 bridgehead atoms. The highest BCUT2D eigenvalue weighted by Gasteiger charge is 2.37. The van der Waals surface area contributed by atoms with Crippen LogP contribution < -0.4 is 63.9 Å². The van der Waals surface area contributed by atoms with Gasteiger partial charge < -0.3 is 62.9 Å². The monoisotopic (exact) mass is 1580 g/mol. The van der Waals surface area contributed by atoms with Crippen LogP contribution in [0.4, 0.5) is 87.9 Å². The number of rotatable bonds is 25. The van der Waals surface area contributed by atoms with Gasteiger partial charge in [-0.15, -0.1) is 0 Å². The summed E-state index contributed by atoms with van der Waals surface area (Å²) in [6.45, 7) is 28.6. The van der Waals surface area contributed by atoms with Crippen LogP contribution in [0.5, 0.6) is 23.0 Å². The average Bonchev–Trinajstić information content (AvgIpc) is 0.785. The minimum Gasteiger partial charge on any atom is -0.495 e. The summed E-state index contributed by atoms with van der Waals surface area (Å²) in [4.78, 5) is 97.2. The minimum atomic E-state index is -1.49. The molecular formula is C70H96Cl4N14O16Si2. The van der Waals surface area contributed by atoms with E-state index in [9.17, 15) is 29.3 Å². The third-order valence-corrected chi connectivity index (χ3v) is 21.0. The van der Waals surface area contributed by atoms with Gasteiger partial charge in [0, 0.05) is 111 Å². The summed E-state index contributed by atoms with van der Waals surface area (Å²) in [7, 11) is 5.74. The number of ether oxygens (including phenoxy) is 10. The topological polar surface area (TPSA) is 307 Å². The van der Waals surface area contributed by atoms with Crippen LogP contribution in [0.15, 0.2) is 73.3 Å². The maximum absolute atomic E-state index is 14.5. The average molecular weight is 1590 g/mol. The lowest BCUT2D eigenvalue weighted by molar-refractivity contribution is -0.384. The molecule has 2 aliphatic heterocycles. The Morgan fingerprint density at radius 3 is 1.21 bits per heavy atom. The molecule has 6 aromatic rings. The van der Waals surface area contributed by atoms with Gasteiger partial charge in [-0.3, -0.25) is 29.7 Å². The molecule has 0 atom stereocenters. The second kappa shape index (κ2) is 36.9. The van der Waals surface area contributed by atoms with Crippen molar-refractivity contribution in [3.05, 3.63) is 104 Å². The number of hydrogen-bond acceptors (Lipinski definition) is 23. The molecule has 2 saturated heterocycles. The summed E-state index contributed by atoms with van der Waals surface area (Å²) in [5.74, 6) is 1.06. The van der Waals surface area contributed by atoms with Crippen LogP contribution in [0, 0.1) is 10.1 Å². The summed E-state index contributed by atoms with van der Waals surface area (Å²) in [5.41, 5.74) is 6.63. The molecule has 2 N–H and O–H groups in total. The van der Waals surface area contributed by atoms with Crippen molar-refractivity contribution < 1.29 is 71.5 Å². The number of morpholine rings is 2. The number of nitro groups is 1. The Balaban J connectivity index is 0.000000296. The van der Waals surface area contributed by atoms with E-state index in [1.165, 1.54) is 110 Å². The van der Waals surface area contributed by atoms with Crippen LogP contribution in [0.25, 0.3) is 0 Å². The molecular weight excluding hydrogens is 1490 g/mol. The van der Waals surface area contributed by atoms with Gasteiger partial charge in [0.2, 0.25) is 0 Å². The number of methoxy groups -OCH3 is 4. The quantitative estimate of drug-likeness (QED) is 0.0139. The number of urea groups is 2. The largest absolute Gasteiger partial charge is 0.495 e. The molecule has 4 aromatic carbocycles. The van der Waals surface area contributed by atoms with Gasteiger partial charge >= 0.3 is 24.2 Å². The zero-order chi connectivity index (χ0) is 78.3. The predicted octanol–water partition coefficient (Wildman–Crippen LogP) is 15.7. The molecule has 2 aromatic heterocycles. The summed E-state index contributed by atoms with van der Waals surface area (Å²) >= 11 is 27.1. The van der Waals surface area contributed by atoms with Crippen LogP contribution in [0.3, 0.4) is 0 Å². The fourth-order valence-electron chi connectivity index (χ4n) is 10.4. The third kappa shape index (κ3) is 22.3. The number of carbonyl (C=O) groups is 4. The SMILES string of the molecule is COc1cc(OC)c(Cl)c(N(COCC[Si](C)(C)C)C(=O)N(C)c2cc(N(C(=O)OC(C)(C)C)c3ccc(N4CCOCC4)cc3N)ncn2)c1Cl.COc1cc(OC)c(Cl)c(N(COCC[Si](C)(C)C)C(=O)N(C)c2cc(N(C(=O)OC(C)(C)C)c3ccc(N4CCOCC4)cc3[N+](=O)[O-])ncn2)c1Cl. The molecule has 36 heteroatoms. The van der Waals surface area contributed by atoms with Crippen LogP contribution in [-0.2, 0) is 28.4 Å². The first-order valence-corrected chi connectivity index (χ1v) is 42.7. The zero-order valence-electron chi connectivity index (χ0n) is 63.3. The van der Waals surface area contributed by atoms with E-state index < -0.39 is 56.5 Å². The van der Waals surface area contributed by atoms with E-state index in [0.29, 0.717) is 82.9 Å². The normalized spacial score (nSPS) is 13.3. The van der Waals surface area contributed by atoms with Crippen molar-refractivity contribution in [2.45, 2.75) is 104 Å². The number of benzene rings is 4. The molecule has 106 heavy (non-hydrogen) atoms. The standard InChI is InChI=1S/C35H47Cl2N7O9Si.C35H49Cl2N7O7Si/c1-35(2,3)53-34(46)43(24-11-10-23(18-25(24)44(47)48)41-12-14-51-15-13-41)29-20-28(38-21-39-29)40(4)33(45)42(22-52-16-17-54(7,8)9)32-30(36)26(49-5)19-27(50-6)31(32)37;1-35(2,3)51-34(46)44(25-11-10-23(18-24(25)38)42-12-14-49-15-13-42)29-20-28(39-21-40-29)41(4)33(45)43(22-50-16-17-52(7,8)9)32-30(36)26(47-5)19-27(48-6)31(32)37/h10-11,18-21H,12-17,22H2,1-9H3;10-11,18-21H,12-17,22,38H2,1-9H3. The van der Waals surface area contributed by atoms with Gasteiger partial charge in [-0.25, -0.2) is 48.9 Å². The summed E-state index contributed by atoms with van der Waals surface area (Å²) in [6.07, 6.45) is 0.704. The number of aromatic nitrogens is 4. The number of anilines is 11. The van der Waals surface area contributed by atoms with Gasteiger partial charge in [0.15, 0.2) is 0 Å². The summed E-state index contributed by atoms with van der Waals surface area (Å²) in [6, 6.07) is 16.2. The molecule has 2 aliphatic rings.